The van der Waals surface area contributed by atoms with Gasteiger partial charge in [-0.15, -0.1) is 0 Å². The number of carboxylic acids is 1. The first-order valence-corrected chi connectivity index (χ1v) is 6.05. The molecule has 3 N–H and O–H groups in total. The molecule has 0 amide bonds. The number of aromatic carboxylic acids is 1. The summed E-state index contributed by atoms with van der Waals surface area (Å²) >= 11 is 5.76. The molecule has 102 valence electrons. The average molecular weight is 291 g/mol. The fourth-order valence-corrected chi connectivity index (χ4v) is 1.74. The molecule has 0 spiro atoms. The first-order chi connectivity index (χ1) is 9.56. The van der Waals surface area contributed by atoms with Crippen LogP contribution in [0, 0.1) is 0 Å². The summed E-state index contributed by atoms with van der Waals surface area (Å²) in [5, 5.41) is 22.4. The molecule has 0 bridgehead atoms. The molecule has 20 heavy (non-hydrogen) atoms. The summed E-state index contributed by atoms with van der Waals surface area (Å²) in [6.07, 6.45) is 1.51. The van der Waals surface area contributed by atoms with Gasteiger partial charge in [-0.1, -0.05) is 23.7 Å². The van der Waals surface area contributed by atoms with E-state index in [4.69, 9.17) is 16.7 Å². The largest absolute Gasteiger partial charge is 0.508 e. The van der Waals surface area contributed by atoms with E-state index in [-0.39, 0.29) is 16.3 Å². The average Bonchev–Trinajstić information content (AvgIpc) is 2.40. The Balaban J connectivity index is 2.11. The third kappa shape index (κ3) is 3.49. The number of carbonyl (C=O) groups is 1. The van der Waals surface area contributed by atoms with Crippen LogP contribution in [0.3, 0.4) is 0 Å². The van der Waals surface area contributed by atoms with Crippen molar-refractivity contribution in [1.82, 2.24) is 0 Å². The third-order valence-electron chi connectivity index (χ3n) is 2.47. The second-order valence-electron chi connectivity index (χ2n) is 3.96. The van der Waals surface area contributed by atoms with Gasteiger partial charge >= 0.3 is 5.97 Å². The topological polar surface area (TPSA) is 81.9 Å². The molecule has 0 aromatic heterocycles. The molecule has 0 fully saturated rings. The van der Waals surface area contributed by atoms with Crippen LogP contribution >= 0.6 is 11.6 Å². The van der Waals surface area contributed by atoms with Crippen LogP contribution in [0.2, 0.25) is 5.02 Å². The molecule has 0 aliphatic heterocycles. The van der Waals surface area contributed by atoms with Gasteiger partial charge in [0.05, 0.1) is 22.5 Å². The highest BCUT2D eigenvalue weighted by Gasteiger charge is 2.08. The number of halogens is 1. The van der Waals surface area contributed by atoms with Crippen molar-refractivity contribution in [3.8, 4) is 5.75 Å². The maximum absolute atomic E-state index is 10.9. The standard InChI is InChI=1S/C14H11ClN2O3/c15-13-5-4-10(7-12(13)14(19)20)17-16-8-9-2-1-3-11(18)6-9/h1-8,17-18H,(H,19,20)/b16-8-. The second-order valence-corrected chi connectivity index (χ2v) is 4.37. The summed E-state index contributed by atoms with van der Waals surface area (Å²) in [6, 6.07) is 11.1. The molecule has 2 rings (SSSR count). The molecule has 2 aromatic carbocycles. The van der Waals surface area contributed by atoms with Crippen molar-refractivity contribution < 1.29 is 15.0 Å². The van der Waals surface area contributed by atoms with Crippen LogP contribution in [0.5, 0.6) is 5.75 Å². The Morgan fingerprint density at radius 3 is 2.75 bits per heavy atom. The molecule has 0 atom stereocenters. The van der Waals surface area contributed by atoms with E-state index in [0.717, 1.165) is 0 Å². The summed E-state index contributed by atoms with van der Waals surface area (Å²) in [4.78, 5) is 10.9. The van der Waals surface area contributed by atoms with Gasteiger partial charge in [0.15, 0.2) is 0 Å². The maximum Gasteiger partial charge on any atom is 0.337 e. The molecule has 0 unspecified atom stereocenters. The Bertz CT molecular complexity index is 671. The van der Waals surface area contributed by atoms with Crippen LogP contribution < -0.4 is 5.43 Å². The Morgan fingerprint density at radius 1 is 1.25 bits per heavy atom. The first kappa shape index (κ1) is 13.9. The predicted molar refractivity (Wildman–Crippen MR) is 77.7 cm³/mol. The number of carboxylic acid groups (broad SMARTS) is 1. The number of anilines is 1. The highest BCUT2D eigenvalue weighted by Crippen LogP contribution is 2.20. The van der Waals surface area contributed by atoms with E-state index in [1.807, 2.05) is 0 Å². The zero-order valence-electron chi connectivity index (χ0n) is 10.2. The molecule has 0 heterocycles. The number of hydrogen-bond donors (Lipinski definition) is 3. The van der Waals surface area contributed by atoms with E-state index in [2.05, 4.69) is 10.5 Å². The van der Waals surface area contributed by atoms with Gasteiger partial charge in [0, 0.05) is 0 Å². The van der Waals surface area contributed by atoms with Crippen molar-refractivity contribution in [3.05, 3.63) is 58.6 Å². The maximum atomic E-state index is 10.9. The third-order valence-corrected chi connectivity index (χ3v) is 2.80. The molecule has 2 aromatic rings. The van der Waals surface area contributed by atoms with Gasteiger partial charge in [0.25, 0.3) is 0 Å². The van der Waals surface area contributed by atoms with E-state index in [9.17, 15) is 9.90 Å². The van der Waals surface area contributed by atoms with Gasteiger partial charge in [0.2, 0.25) is 0 Å². The number of hydrogen-bond acceptors (Lipinski definition) is 4. The smallest absolute Gasteiger partial charge is 0.337 e. The molecule has 0 saturated heterocycles. The van der Waals surface area contributed by atoms with E-state index in [1.165, 1.54) is 18.3 Å². The van der Waals surface area contributed by atoms with Gasteiger partial charge < -0.3 is 10.2 Å². The molecule has 0 saturated carbocycles. The van der Waals surface area contributed by atoms with Crippen LogP contribution in [0.15, 0.2) is 47.6 Å². The minimum Gasteiger partial charge on any atom is -0.508 e. The van der Waals surface area contributed by atoms with Crippen molar-refractivity contribution in [3.63, 3.8) is 0 Å². The highest BCUT2D eigenvalue weighted by molar-refractivity contribution is 6.33. The molecular formula is C14H11ClN2O3. The van der Waals surface area contributed by atoms with Crippen LogP contribution in [-0.2, 0) is 0 Å². The van der Waals surface area contributed by atoms with Crippen molar-refractivity contribution in [1.29, 1.82) is 0 Å². The minimum atomic E-state index is -1.10. The van der Waals surface area contributed by atoms with Crippen molar-refractivity contribution in [2.24, 2.45) is 5.10 Å². The molecule has 0 radical (unpaired) electrons. The summed E-state index contributed by atoms with van der Waals surface area (Å²) in [5.74, 6) is -0.954. The van der Waals surface area contributed by atoms with Crippen LogP contribution in [-0.4, -0.2) is 22.4 Å². The molecule has 0 aliphatic carbocycles. The summed E-state index contributed by atoms with van der Waals surface area (Å²) in [7, 11) is 0. The summed E-state index contributed by atoms with van der Waals surface area (Å²) in [5.41, 5.74) is 3.92. The van der Waals surface area contributed by atoms with Crippen LogP contribution in [0.4, 0.5) is 5.69 Å². The second kappa shape index (κ2) is 6.08. The fourth-order valence-electron chi connectivity index (χ4n) is 1.55. The monoisotopic (exact) mass is 290 g/mol. The number of nitrogens with one attached hydrogen (secondary N) is 1. The molecule has 0 aliphatic rings. The minimum absolute atomic E-state index is 0.00391. The quantitative estimate of drug-likeness (QED) is 0.596. The number of rotatable bonds is 4. The number of phenols is 1. The van der Waals surface area contributed by atoms with Crippen molar-refractivity contribution >= 4 is 29.5 Å². The Morgan fingerprint density at radius 2 is 2.05 bits per heavy atom. The zero-order valence-corrected chi connectivity index (χ0v) is 11.0. The molecule has 6 heteroatoms. The van der Waals surface area contributed by atoms with Gasteiger partial charge in [0.1, 0.15) is 5.75 Å². The summed E-state index contributed by atoms with van der Waals surface area (Å²) < 4.78 is 0. The normalized spacial score (nSPS) is 10.7. The Hall–Kier alpha value is -2.53. The van der Waals surface area contributed by atoms with E-state index >= 15 is 0 Å². The number of nitrogens with zero attached hydrogens (tertiary/aromatic N) is 1. The Kier molecular flexibility index (Phi) is 4.22. The van der Waals surface area contributed by atoms with E-state index in [1.54, 1.807) is 30.3 Å². The molecule has 5 nitrogen and oxygen atoms in total. The SMILES string of the molecule is O=C(O)c1cc(N/N=C\c2cccc(O)c2)ccc1Cl. The number of aromatic hydroxyl groups is 1. The lowest BCUT2D eigenvalue weighted by molar-refractivity contribution is 0.0697. The highest BCUT2D eigenvalue weighted by atomic mass is 35.5. The lowest BCUT2D eigenvalue weighted by atomic mass is 10.2. The lowest BCUT2D eigenvalue weighted by Gasteiger charge is -2.03. The van der Waals surface area contributed by atoms with Gasteiger partial charge in [-0.25, -0.2) is 4.79 Å². The number of benzene rings is 2. The zero-order chi connectivity index (χ0) is 14.5. The fraction of sp³-hybridized carbons (Fsp3) is 0. The van der Waals surface area contributed by atoms with E-state index in [0.29, 0.717) is 11.3 Å². The summed E-state index contributed by atoms with van der Waals surface area (Å²) in [6.45, 7) is 0. The lowest BCUT2D eigenvalue weighted by Crippen LogP contribution is -1.99. The Labute approximate surface area is 120 Å². The van der Waals surface area contributed by atoms with Crippen LogP contribution in [0.1, 0.15) is 15.9 Å². The van der Waals surface area contributed by atoms with Gasteiger partial charge in [-0.05, 0) is 35.9 Å². The van der Waals surface area contributed by atoms with Crippen molar-refractivity contribution in [2.75, 3.05) is 5.43 Å². The number of hydrazone groups is 1. The van der Waals surface area contributed by atoms with Gasteiger partial charge in [-0.2, -0.15) is 5.10 Å². The molecular weight excluding hydrogens is 280 g/mol. The van der Waals surface area contributed by atoms with Gasteiger partial charge in [-0.3, -0.25) is 5.43 Å². The van der Waals surface area contributed by atoms with E-state index < -0.39 is 5.97 Å². The van der Waals surface area contributed by atoms with Crippen LogP contribution in [0.25, 0.3) is 0 Å². The first-order valence-electron chi connectivity index (χ1n) is 5.67. The predicted octanol–water partition coefficient (Wildman–Crippen LogP) is 3.19. The van der Waals surface area contributed by atoms with Crippen molar-refractivity contribution in [2.45, 2.75) is 0 Å². The number of phenolic OH excluding ortho intramolecular Hbond substituents is 1.